The summed E-state index contributed by atoms with van der Waals surface area (Å²) < 4.78 is 0.712. The second-order valence-electron chi connectivity index (χ2n) is 4.99. The molecule has 26 heavy (non-hydrogen) atoms. The third-order valence-electron chi connectivity index (χ3n) is 3.15. The van der Waals surface area contributed by atoms with Crippen LogP contribution in [0.4, 0.5) is 5.13 Å². The van der Waals surface area contributed by atoms with Gasteiger partial charge in [0.15, 0.2) is 4.34 Å². The van der Waals surface area contributed by atoms with Crippen molar-refractivity contribution in [3.05, 3.63) is 67.6 Å². The summed E-state index contributed by atoms with van der Waals surface area (Å²) in [4.78, 5) is 12.3. The Balaban J connectivity index is 1.63. The maximum atomic E-state index is 12.3. The molecule has 10 heteroatoms. The predicted molar refractivity (Wildman–Crippen MR) is 110 cm³/mol. The number of hydrogen-bond acceptors (Lipinski definition) is 5. The van der Waals surface area contributed by atoms with E-state index < -0.39 is 5.91 Å². The van der Waals surface area contributed by atoms with Gasteiger partial charge in [-0.1, -0.05) is 75.6 Å². The van der Waals surface area contributed by atoms with E-state index in [0.29, 0.717) is 35.3 Å². The highest BCUT2D eigenvalue weighted by Gasteiger charge is 2.14. The van der Waals surface area contributed by atoms with Gasteiger partial charge in [-0.2, -0.15) is 0 Å². The number of carbonyl (C=O) groups is 1. The monoisotopic (exact) mass is 463 g/mol. The van der Waals surface area contributed by atoms with Crippen LogP contribution in [0, 0.1) is 0 Å². The van der Waals surface area contributed by atoms with E-state index in [0.717, 1.165) is 5.56 Å². The van der Waals surface area contributed by atoms with E-state index >= 15 is 0 Å². The SMILES string of the molecule is O=C(Nc1nnc(SCc2ccc(Cl)c(Cl)c2)s1)c1cc(Cl)ccc1Cl. The number of nitrogens with zero attached hydrogens (tertiary/aromatic N) is 2. The Kier molecular flexibility index (Phi) is 6.66. The number of halogens is 4. The minimum atomic E-state index is -0.394. The molecule has 1 amide bonds. The molecule has 0 aliphatic rings. The molecule has 0 atom stereocenters. The Morgan fingerprint density at radius 3 is 2.54 bits per heavy atom. The number of anilines is 1. The van der Waals surface area contributed by atoms with Crippen molar-refractivity contribution < 1.29 is 4.79 Å². The lowest BCUT2D eigenvalue weighted by atomic mass is 10.2. The summed E-state index contributed by atoms with van der Waals surface area (Å²) in [5, 5.41) is 12.8. The Hall–Kier alpha value is -1.02. The average Bonchev–Trinajstić information content (AvgIpc) is 3.05. The molecule has 0 unspecified atom stereocenters. The summed E-state index contributed by atoms with van der Waals surface area (Å²) in [6.07, 6.45) is 0. The summed E-state index contributed by atoms with van der Waals surface area (Å²) >= 11 is 26.6. The Morgan fingerprint density at radius 1 is 1.00 bits per heavy atom. The third kappa shape index (κ3) is 5.03. The molecule has 0 saturated carbocycles. The van der Waals surface area contributed by atoms with Crippen LogP contribution in [0.25, 0.3) is 0 Å². The first-order valence-electron chi connectivity index (χ1n) is 7.09. The molecule has 0 fully saturated rings. The highest BCUT2D eigenvalue weighted by molar-refractivity contribution is 8.00. The van der Waals surface area contributed by atoms with Crippen LogP contribution in [-0.4, -0.2) is 16.1 Å². The van der Waals surface area contributed by atoms with Gasteiger partial charge in [-0.05, 0) is 35.9 Å². The number of carbonyl (C=O) groups excluding carboxylic acids is 1. The summed E-state index contributed by atoms with van der Waals surface area (Å²) in [5.74, 6) is 0.259. The molecule has 1 heterocycles. The van der Waals surface area contributed by atoms with Gasteiger partial charge in [0, 0.05) is 10.8 Å². The van der Waals surface area contributed by atoms with Crippen LogP contribution in [-0.2, 0) is 5.75 Å². The zero-order valence-electron chi connectivity index (χ0n) is 12.8. The number of aromatic nitrogens is 2. The molecule has 3 rings (SSSR count). The highest BCUT2D eigenvalue weighted by atomic mass is 35.5. The lowest BCUT2D eigenvalue weighted by Crippen LogP contribution is -2.12. The molecule has 1 aromatic heterocycles. The maximum absolute atomic E-state index is 12.3. The second kappa shape index (κ2) is 8.78. The third-order valence-corrected chi connectivity index (χ3v) is 6.49. The summed E-state index contributed by atoms with van der Waals surface area (Å²) in [5.41, 5.74) is 1.29. The van der Waals surface area contributed by atoms with Crippen LogP contribution in [0.1, 0.15) is 15.9 Å². The van der Waals surface area contributed by atoms with Gasteiger partial charge in [-0.15, -0.1) is 10.2 Å². The van der Waals surface area contributed by atoms with Gasteiger partial charge < -0.3 is 0 Å². The van der Waals surface area contributed by atoms with Crippen LogP contribution in [0.15, 0.2) is 40.7 Å². The van der Waals surface area contributed by atoms with Crippen LogP contribution in [0.3, 0.4) is 0 Å². The lowest BCUT2D eigenvalue weighted by molar-refractivity contribution is 0.102. The van der Waals surface area contributed by atoms with Crippen molar-refractivity contribution in [1.29, 1.82) is 0 Å². The van der Waals surface area contributed by atoms with E-state index in [1.165, 1.54) is 29.2 Å². The van der Waals surface area contributed by atoms with E-state index in [-0.39, 0.29) is 5.56 Å². The normalized spacial score (nSPS) is 10.8. The molecule has 0 bridgehead atoms. The van der Waals surface area contributed by atoms with Crippen LogP contribution in [0.5, 0.6) is 0 Å². The minimum Gasteiger partial charge on any atom is -0.296 e. The molecule has 0 saturated heterocycles. The van der Waals surface area contributed by atoms with E-state index in [2.05, 4.69) is 15.5 Å². The van der Waals surface area contributed by atoms with Gasteiger partial charge in [-0.25, -0.2) is 0 Å². The highest BCUT2D eigenvalue weighted by Crippen LogP contribution is 2.31. The van der Waals surface area contributed by atoms with Gasteiger partial charge in [0.05, 0.1) is 20.6 Å². The molecule has 1 N–H and O–H groups in total. The molecule has 0 aliphatic carbocycles. The maximum Gasteiger partial charge on any atom is 0.259 e. The first kappa shape index (κ1) is 19.7. The van der Waals surface area contributed by atoms with Crippen molar-refractivity contribution in [3.8, 4) is 0 Å². The molecule has 2 aromatic carbocycles. The molecular formula is C16H9Cl4N3OS2. The standard InChI is InChI=1S/C16H9Cl4N3OS2/c17-9-2-4-11(18)10(6-9)14(24)21-15-22-23-16(26-15)25-7-8-1-3-12(19)13(20)5-8/h1-6H,7H2,(H,21,22,24). The molecular weight excluding hydrogens is 456 g/mol. The molecule has 0 aliphatic heterocycles. The largest absolute Gasteiger partial charge is 0.296 e. The van der Waals surface area contributed by atoms with Crippen molar-refractivity contribution in [1.82, 2.24) is 10.2 Å². The molecule has 134 valence electrons. The number of thioether (sulfide) groups is 1. The van der Waals surface area contributed by atoms with E-state index in [1.54, 1.807) is 18.2 Å². The Labute approximate surface area is 177 Å². The number of rotatable bonds is 5. The predicted octanol–water partition coefficient (Wildman–Crippen LogP) is 6.70. The Morgan fingerprint density at radius 2 is 1.77 bits per heavy atom. The summed E-state index contributed by atoms with van der Waals surface area (Å²) in [6, 6.07) is 10.1. The lowest BCUT2D eigenvalue weighted by Gasteiger charge is -2.04. The van der Waals surface area contributed by atoms with Crippen molar-refractivity contribution in [2.45, 2.75) is 10.1 Å². The van der Waals surface area contributed by atoms with Gasteiger partial charge in [0.2, 0.25) is 5.13 Å². The second-order valence-corrected chi connectivity index (χ2v) is 8.85. The van der Waals surface area contributed by atoms with Crippen LogP contribution >= 0.6 is 69.5 Å². The molecule has 4 nitrogen and oxygen atoms in total. The number of benzene rings is 2. The first-order chi connectivity index (χ1) is 12.4. The fourth-order valence-corrected chi connectivity index (χ4v) is 4.32. The van der Waals surface area contributed by atoms with Crippen molar-refractivity contribution in [2.75, 3.05) is 5.32 Å². The number of nitrogens with one attached hydrogen (secondary N) is 1. The van der Waals surface area contributed by atoms with Gasteiger partial charge in [0.25, 0.3) is 5.91 Å². The Bertz CT molecular complexity index is 964. The average molecular weight is 465 g/mol. The molecule has 3 aromatic rings. The summed E-state index contributed by atoms with van der Waals surface area (Å²) in [7, 11) is 0. The smallest absolute Gasteiger partial charge is 0.259 e. The van der Waals surface area contributed by atoms with Crippen molar-refractivity contribution in [2.24, 2.45) is 0 Å². The summed E-state index contributed by atoms with van der Waals surface area (Å²) in [6.45, 7) is 0. The van der Waals surface area contributed by atoms with Crippen molar-refractivity contribution in [3.63, 3.8) is 0 Å². The zero-order chi connectivity index (χ0) is 18.7. The number of amides is 1. The van der Waals surface area contributed by atoms with Gasteiger partial charge in [0.1, 0.15) is 0 Å². The topological polar surface area (TPSA) is 54.9 Å². The van der Waals surface area contributed by atoms with Crippen molar-refractivity contribution >= 4 is 80.5 Å². The van der Waals surface area contributed by atoms with E-state index in [4.69, 9.17) is 46.4 Å². The van der Waals surface area contributed by atoms with Gasteiger partial charge >= 0.3 is 0 Å². The molecule has 0 spiro atoms. The van der Waals surface area contributed by atoms with Crippen LogP contribution in [0.2, 0.25) is 20.1 Å². The first-order valence-corrected chi connectivity index (χ1v) is 10.4. The fourth-order valence-electron chi connectivity index (χ4n) is 1.93. The fraction of sp³-hybridized carbons (Fsp3) is 0.0625. The van der Waals surface area contributed by atoms with Gasteiger partial charge in [-0.3, -0.25) is 10.1 Å². The quantitative estimate of drug-likeness (QED) is 0.337. The van der Waals surface area contributed by atoms with E-state index in [9.17, 15) is 4.79 Å². The van der Waals surface area contributed by atoms with Crippen LogP contribution < -0.4 is 5.32 Å². The molecule has 0 radical (unpaired) electrons. The van der Waals surface area contributed by atoms with E-state index in [1.807, 2.05) is 12.1 Å². The zero-order valence-corrected chi connectivity index (χ0v) is 17.5. The minimum absolute atomic E-state index is 0.277. The number of hydrogen-bond donors (Lipinski definition) is 1.